The number of aliphatic carboxylic acids is 1. The van der Waals surface area contributed by atoms with Gasteiger partial charge in [0.15, 0.2) is 0 Å². The smallest absolute Gasteiger partial charge is 0.303 e. The number of nitrogens with one attached hydrogen (secondary N) is 1. The van der Waals surface area contributed by atoms with E-state index in [9.17, 15) is 9.59 Å². The molecule has 0 aliphatic carbocycles. The van der Waals surface area contributed by atoms with Crippen LogP contribution in [0.15, 0.2) is 0 Å². The van der Waals surface area contributed by atoms with Crippen LogP contribution >= 0.6 is 0 Å². The number of carbonyl (C=O) groups is 2. The summed E-state index contributed by atoms with van der Waals surface area (Å²) in [6.07, 6.45) is 0.836. The van der Waals surface area contributed by atoms with Crippen LogP contribution in [0, 0.1) is 0 Å². The molecule has 1 aliphatic rings. The normalized spacial score (nSPS) is 26.4. The Bertz CT molecular complexity index is 270. The number of nitrogens with two attached hydrogens (primary N) is 1. The third-order valence-corrected chi connectivity index (χ3v) is 2.71. The fourth-order valence-electron chi connectivity index (χ4n) is 1.62. The average molecular weight is 230 g/mol. The second-order valence-corrected chi connectivity index (χ2v) is 4.02. The Balaban J connectivity index is 2.30. The Kier molecular flexibility index (Phi) is 4.70. The SMILES string of the molecule is CC1OCCC1NC(=O)C(N)CCC(=O)O. The first-order chi connectivity index (χ1) is 7.50. The summed E-state index contributed by atoms with van der Waals surface area (Å²) >= 11 is 0. The maximum atomic E-state index is 11.6. The molecular formula is C10H18N2O4. The van der Waals surface area contributed by atoms with E-state index in [0.29, 0.717) is 6.61 Å². The van der Waals surface area contributed by atoms with Gasteiger partial charge in [-0.3, -0.25) is 9.59 Å². The van der Waals surface area contributed by atoms with Gasteiger partial charge in [0.05, 0.1) is 18.2 Å². The summed E-state index contributed by atoms with van der Waals surface area (Å²) in [5, 5.41) is 11.2. The lowest BCUT2D eigenvalue weighted by Gasteiger charge is -2.18. The molecule has 1 fully saturated rings. The summed E-state index contributed by atoms with van der Waals surface area (Å²) in [6, 6.07) is -0.771. The van der Waals surface area contributed by atoms with Gasteiger partial charge in [-0.1, -0.05) is 0 Å². The van der Waals surface area contributed by atoms with Crippen LogP contribution in [-0.2, 0) is 14.3 Å². The lowest BCUT2D eigenvalue weighted by atomic mass is 10.1. The number of hydrogen-bond donors (Lipinski definition) is 3. The molecule has 0 aromatic rings. The lowest BCUT2D eigenvalue weighted by Crippen LogP contribution is -2.47. The van der Waals surface area contributed by atoms with E-state index in [0.717, 1.165) is 6.42 Å². The molecule has 6 heteroatoms. The number of carboxylic acid groups (broad SMARTS) is 1. The van der Waals surface area contributed by atoms with Crippen molar-refractivity contribution in [3.63, 3.8) is 0 Å². The first-order valence-corrected chi connectivity index (χ1v) is 5.40. The Hall–Kier alpha value is -1.14. The maximum absolute atomic E-state index is 11.6. The molecule has 1 aliphatic heterocycles. The first-order valence-electron chi connectivity index (χ1n) is 5.40. The van der Waals surface area contributed by atoms with Crippen molar-refractivity contribution in [2.24, 2.45) is 5.73 Å². The van der Waals surface area contributed by atoms with Gasteiger partial charge in [0.25, 0.3) is 0 Å². The highest BCUT2D eigenvalue weighted by Crippen LogP contribution is 2.12. The van der Waals surface area contributed by atoms with Crippen LogP contribution in [-0.4, -0.2) is 41.8 Å². The van der Waals surface area contributed by atoms with E-state index in [-0.39, 0.29) is 30.9 Å². The topological polar surface area (TPSA) is 102 Å². The molecule has 0 aromatic carbocycles. The van der Waals surface area contributed by atoms with Crippen molar-refractivity contribution in [2.45, 2.75) is 44.4 Å². The number of rotatable bonds is 5. The monoisotopic (exact) mass is 230 g/mol. The van der Waals surface area contributed by atoms with E-state index in [1.54, 1.807) is 0 Å². The first kappa shape index (κ1) is 12.9. The molecule has 92 valence electrons. The number of amides is 1. The van der Waals surface area contributed by atoms with Crippen LogP contribution < -0.4 is 11.1 Å². The molecule has 0 radical (unpaired) electrons. The summed E-state index contributed by atoms with van der Waals surface area (Å²) < 4.78 is 5.29. The highest BCUT2D eigenvalue weighted by Gasteiger charge is 2.27. The predicted molar refractivity (Wildman–Crippen MR) is 56.8 cm³/mol. The molecule has 1 heterocycles. The van der Waals surface area contributed by atoms with Crippen LogP contribution in [0.25, 0.3) is 0 Å². The van der Waals surface area contributed by atoms with Gasteiger partial charge in [0.1, 0.15) is 0 Å². The highest BCUT2D eigenvalue weighted by atomic mass is 16.5. The summed E-state index contributed by atoms with van der Waals surface area (Å²) in [5.74, 6) is -1.25. The van der Waals surface area contributed by atoms with Gasteiger partial charge in [-0.2, -0.15) is 0 Å². The number of carboxylic acids is 1. The minimum absolute atomic E-state index is 0.00405. The van der Waals surface area contributed by atoms with Crippen molar-refractivity contribution in [2.75, 3.05) is 6.61 Å². The van der Waals surface area contributed by atoms with E-state index in [1.165, 1.54) is 0 Å². The van der Waals surface area contributed by atoms with Crippen LogP contribution in [0.5, 0.6) is 0 Å². The van der Waals surface area contributed by atoms with Crippen molar-refractivity contribution in [3.05, 3.63) is 0 Å². The molecule has 1 amide bonds. The zero-order chi connectivity index (χ0) is 12.1. The molecule has 16 heavy (non-hydrogen) atoms. The Morgan fingerprint density at radius 2 is 2.31 bits per heavy atom. The van der Waals surface area contributed by atoms with Gasteiger partial charge in [-0.05, 0) is 19.8 Å². The fourth-order valence-corrected chi connectivity index (χ4v) is 1.62. The number of ether oxygens (including phenoxy) is 1. The third kappa shape index (κ3) is 3.79. The fraction of sp³-hybridized carbons (Fsp3) is 0.800. The van der Waals surface area contributed by atoms with Crippen LogP contribution in [0.3, 0.4) is 0 Å². The quantitative estimate of drug-likeness (QED) is 0.589. The average Bonchev–Trinajstić information content (AvgIpc) is 2.60. The maximum Gasteiger partial charge on any atom is 0.303 e. The largest absolute Gasteiger partial charge is 0.481 e. The van der Waals surface area contributed by atoms with Gasteiger partial charge in [-0.25, -0.2) is 0 Å². The standard InChI is InChI=1S/C10H18N2O4/c1-6-8(4-5-16-6)12-10(15)7(11)2-3-9(13)14/h6-8H,2-5,11H2,1H3,(H,12,15)(H,13,14). The molecule has 0 aromatic heterocycles. The summed E-state index contributed by atoms with van der Waals surface area (Å²) in [6.45, 7) is 2.52. The molecule has 1 saturated heterocycles. The van der Waals surface area contributed by atoms with Gasteiger partial charge < -0.3 is 20.9 Å². The van der Waals surface area contributed by atoms with E-state index >= 15 is 0 Å². The number of hydrogen-bond acceptors (Lipinski definition) is 4. The van der Waals surface area contributed by atoms with E-state index in [4.69, 9.17) is 15.6 Å². The second-order valence-electron chi connectivity index (χ2n) is 4.02. The van der Waals surface area contributed by atoms with Gasteiger partial charge in [0.2, 0.25) is 5.91 Å². The molecule has 6 nitrogen and oxygen atoms in total. The molecule has 3 unspecified atom stereocenters. The molecule has 1 rings (SSSR count). The molecule has 4 N–H and O–H groups in total. The Labute approximate surface area is 94.1 Å². The van der Waals surface area contributed by atoms with E-state index in [1.807, 2.05) is 6.92 Å². The van der Waals surface area contributed by atoms with Crippen molar-refractivity contribution >= 4 is 11.9 Å². The Morgan fingerprint density at radius 3 is 2.81 bits per heavy atom. The molecular weight excluding hydrogens is 212 g/mol. The van der Waals surface area contributed by atoms with Crippen LogP contribution in [0.2, 0.25) is 0 Å². The lowest BCUT2D eigenvalue weighted by molar-refractivity contribution is -0.137. The second kappa shape index (κ2) is 5.81. The zero-order valence-electron chi connectivity index (χ0n) is 9.31. The van der Waals surface area contributed by atoms with Crippen molar-refractivity contribution in [3.8, 4) is 0 Å². The van der Waals surface area contributed by atoms with Gasteiger partial charge in [-0.15, -0.1) is 0 Å². The molecule has 3 atom stereocenters. The molecule has 0 saturated carbocycles. The van der Waals surface area contributed by atoms with Crippen molar-refractivity contribution in [1.29, 1.82) is 0 Å². The number of carbonyl (C=O) groups excluding carboxylic acids is 1. The zero-order valence-corrected chi connectivity index (χ0v) is 9.31. The van der Waals surface area contributed by atoms with E-state index < -0.39 is 12.0 Å². The van der Waals surface area contributed by atoms with Crippen molar-refractivity contribution < 1.29 is 19.4 Å². The minimum atomic E-state index is -0.944. The Morgan fingerprint density at radius 1 is 1.62 bits per heavy atom. The summed E-state index contributed by atoms with van der Waals surface area (Å²) in [7, 11) is 0. The minimum Gasteiger partial charge on any atom is -0.481 e. The summed E-state index contributed by atoms with van der Waals surface area (Å²) in [4.78, 5) is 21.9. The third-order valence-electron chi connectivity index (χ3n) is 2.71. The summed E-state index contributed by atoms with van der Waals surface area (Å²) in [5.41, 5.74) is 5.57. The van der Waals surface area contributed by atoms with Gasteiger partial charge in [0, 0.05) is 13.0 Å². The predicted octanol–water partition coefficient (Wildman–Crippen LogP) is -0.528. The van der Waals surface area contributed by atoms with E-state index in [2.05, 4.69) is 5.32 Å². The molecule has 0 spiro atoms. The molecule has 0 bridgehead atoms. The highest BCUT2D eigenvalue weighted by molar-refractivity contribution is 5.82. The van der Waals surface area contributed by atoms with Crippen LogP contribution in [0.4, 0.5) is 0 Å². The van der Waals surface area contributed by atoms with Gasteiger partial charge >= 0.3 is 5.97 Å². The van der Waals surface area contributed by atoms with Crippen molar-refractivity contribution in [1.82, 2.24) is 5.32 Å². The van der Waals surface area contributed by atoms with Crippen LogP contribution in [0.1, 0.15) is 26.2 Å².